The molecule has 30 heavy (non-hydrogen) atoms. The largest absolute Gasteiger partial charge is 0.502 e. The van der Waals surface area contributed by atoms with Crippen LogP contribution in [0.5, 0.6) is 17.2 Å². The number of hydrogen-bond donors (Lipinski definition) is 3. The van der Waals surface area contributed by atoms with Gasteiger partial charge in [0.2, 0.25) is 11.7 Å². The summed E-state index contributed by atoms with van der Waals surface area (Å²) in [6.45, 7) is 0. The number of H-pyrrole nitrogens is 1. The Kier molecular flexibility index (Phi) is 4.95. The SMILES string of the molecule is COc1cc(-c2nc(Nc3nc4ccccc4s3)[nH]c(=O)c2C#N)cc(OC)c1O. The molecule has 0 aliphatic rings. The number of fused-ring (bicyclic) bond motifs is 1. The highest BCUT2D eigenvalue weighted by Crippen LogP contribution is 2.40. The highest BCUT2D eigenvalue weighted by Gasteiger charge is 2.19. The number of aromatic amines is 1. The van der Waals surface area contributed by atoms with Crippen LogP contribution in [0.2, 0.25) is 0 Å². The summed E-state index contributed by atoms with van der Waals surface area (Å²) in [6.07, 6.45) is 0. The summed E-state index contributed by atoms with van der Waals surface area (Å²) in [5.74, 6) is 0.172. The Morgan fingerprint density at radius 3 is 2.50 bits per heavy atom. The van der Waals surface area contributed by atoms with Crippen molar-refractivity contribution in [3.8, 4) is 34.6 Å². The topological polar surface area (TPSA) is 133 Å². The zero-order valence-electron chi connectivity index (χ0n) is 15.9. The van der Waals surface area contributed by atoms with Gasteiger partial charge in [0.1, 0.15) is 11.6 Å². The maximum Gasteiger partial charge on any atom is 0.270 e. The number of nitrogens with zero attached hydrogens (tertiary/aromatic N) is 3. The van der Waals surface area contributed by atoms with Crippen LogP contribution in [-0.4, -0.2) is 34.3 Å². The predicted octanol–water partition coefficient (Wildman–Crippen LogP) is 3.38. The molecular weight excluding hydrogens is 406 g/mol. The first kappa shape index (κ1) is 19.2. The summed E-state index contributed by atoms with van der Waals surface area (Å²) in [7, 11) is 2.77. The van der Waals surface area contributed by atoms with Gasteiger partial charge in [-0.1, -0.05) is 23.5 Å². The fourth-order valence-corrected chi connectivity index (χ4v) is 3.77. The molecule has 0 unspecified atom stereocenters. The lowest BCUT2D eigenvalue weighted by atomic mass is 10.1. The molecule has 0 amide bonds. The third-order valence-corrected chi connectivity index (χ3v) is 5.26. The molecule has 2 aromatic carbocycles. The molecule has 10 heteroatoms. The number of phenolic OH excluding ortho intramolecular Hbond substituents is 1. The lowest BCUT2D eigenvalue weighted by molar-refractivity contribution is 0.340. The first-order valence-electron chi connectivity index (χ1n) is 8.66. The summed E-state index contributed by atoms with van der Waals surface area (Å²) in [5.41, 5.74) is 0.504. The fraction of sp³-hybridized carbons (Fsp3) is 0.100. The van der Waals surface area contributed by atoms with Crippen molar-refractivity contribution >= 4 is 32.6 Å². The van der Waals surface area contributed by atoms with E-state index in [-0.39, 0.29) is 34.5 Å². The molecule has 3 N–H and O–H groups in total. The Hall–Kier alpha value is -4.10. The number of para-hydroxylation sites is 1. The van der Waals surface area contributed by atoms with Crippen molar-refractivity contribution < 1.29 is 14.6 Å². The van der Waals surface area contributed by atoms with Gasteiger partial charge in [-0.15, -0.1) is 0 Å². The average Bonchev–Trinajstić information content (AvgIpc) is 3.15. The Bertz CT molecular complexity index is 1300. The number of hydrogen-bond acceptors (Lipinski definition) is 9. The quantitative estimate of drug-likeness (QED) is 0.447. The number of aromatic nitrogens is 3. The van der Waals surface area contributed by atoms with Crippen LogP contribution in [0.25, 0.3) is 21.5 Å². The van der Waals surface area contributed by atoms with E-state index in [1.807, 2.05) is 30.3 Å². The number of benzene rings is 2. The summed E-state index contributed by atoms with van der Waals surface area (Å²) in [4.78, 5) is 23.9. The molecule has 0 saturated heterocycles. The zero-order valence-corrected chi connectivity index (χ0v) is 16.7. The number of methoxy groups -OCH3 is 2. The smallest absolute Gasteiger partial charge is 0.270 e. The highest BCUT2D eigenvalue weighted by molar-refractivity contribution is 7.22. The molecule has 150 valence electrons. The second-order valence-corrected chi connectivity index (χ2v) is 7.12. The molecule has 4 rings (SSSR count). The third-order valence-electron chi connectivity index (χ3n) is 4.30. The molecule has 0 bridgehead atoms. The third kappa shape index (κ3) is 3.38. The lowest BCUT2D eigenvalue weighted by Crippen LogP contribution is -2.16. The second-order valence-electron chi connectivity index (χ2n) is 6.09. The van der Waals surface area contributed by atoms with Crippen LogP contribution in [0.3, 0.4) is 0 Å². The molecular formula is C20H15N5O4S. The van der Waals surface area contributed by atoms with E-state index in [9.17, 15) is 15.2 Å². The van der Waals surface area contributed by atoms with Gasteiger partial charge in [-0.25, -0.2) is 9.97 Å². The van der Waals surface area contributed by atoms with Crippen LogP contribution in [0.15, 0.2) is 41.2 Å². The minimum absolute atomic E-state index is 0.112. The normalized spacial score (nSPS) is 10.6. The molecule has 0 aliphatic carbocycles. The minimum atomic E-state index is -0.614. The summed E-state index contributed by atoms with van der Waals surface area (Å²) in [5, 5.41) is 23.2. The summed E-state index contributed by atoms with van der Waals surface area (Å²) < 4.78 is 11.3. The molecule has 9 nitrogen and oxygen atoms in total. The number of phenols is 1. The van der Waals surface area contributed by atoms with Gasteiger partial charge in [-0.05, 0) is 24.3 Å². The van der Waals surface area contributed by atoms with Crippen molar-refractivity contribution in [3.05, 3.63) is 52.3 Å². The fourth-order valence-electron chi connectivity index (χ4n) is 2.90. The van der Waals surface area contributed by atoms with Gasteiger partial charge in [0.15, 0.2) is 16.6 Å². The average molecular weight is 421 g/mol. The van der Waals surface area contributed by atoms with Gasteiger partial charge in [0.05, 0.1) is 30.1 Å². The molecule has 0 radical (unpaired) electrons. The Morgan fingerprint density at radius 2 is 1.87 bits per heavy atom. The van der Waals surface area contributed by atoms with Gasteiger partial charge in [0, 0.05) is 5.56 Å². The van der Waals surface area contributed by atoms with E-state index in [0.29, 0.717) is 10.7 Å². The number of rotatable bonds is 5. The van der Waals surface area contributed by atoms with Gasteiger partial charge in [0.25, 0.3) is 5.56 Å². The standard InChI is InChI=1S/C20H15N5O4S/c1-28-13-7-10(8-14(29-2)17(13)26)16-11(9-21)18(27)24-19(23-16)25-20-22-12-5-3-4-6-15(12)30-20/h3-8,26H,1-2H3,(H2,22,23,24,25,27). The van der Waals surface area contributed by atoms with Gasteiger partial charge >= 0.3 is 0 Å². The van der Waals surface area contributed by atoms with E-state index in [1.165, 1.54) is 37.7 Å². The molecule has 4 aromatic rings. The number of ether oxygens (including phenoxy) is 2. The van der Waals surface area contributed by atoms with Gasteiger partial charge < -0.3 is 19.9 Å². The van der Waals surface area contributed by atoms with E-state index >= 15 is 0 Å². The van der Waals surface area contributed by atoms with E-state index in [1.54, 1.807) is 0 Å². The van der Waals surface area contributed by atoms with E-state index in [2.05, 4.69) is 20.3 Å². The highest BCUT2D eigenvalue weighted by atomic mass is 32.1. The van der Waals surface area contributed by atoms with Crippen molar-refractivity contribution in [2.75, 3.05) is 19.5 Å². The Morgan fingerprint density at radius 1 is 1.17 bits per heavy atom. The lowest BCUT2D eigenvalue weighted by Gasteiger charge is -2.12. The van der Waals surface area contributed by atoms with Crippen molar-refractivity contribution in [2.45, 2.75) is 0 Å². The summed E-state index contributed by atoms with van der Waals surface area (Å²) in [6, 6.07) is 12.4. The van der Waals surface area contributed by atoms with Crippen molar-refractivity contribution in [2.24, 2.45) is 0 Å². The molecule has 0 spiro atoms. The first-order valence-corrected chi connectivity index (χ1v) is 9.48. The zero-order chi connectivity index (χ0) is 21.3. The van der Waals surface area contributed by atoms with E-state index in [0.717, 1.165) is 10.2 Å². The van der Waals surface area contributed by atoms with Crippen LogP contribution in [0, 0.1) is 11.3 Å². The van der Waals surface area contributed by atoms with E-state index in [4.69, 9.17) is 9.47 Å². The maximum atomic E-state index is 12.5. The molecule has 2 aromatic heterocycles. The molecule has 0 atom stereocenters. The molecule has 0 aliphatic heterocycles. The summed E-state index contributed by atoms with van der Waals surface area (Å²) >= 11 is 1.40. The molecule has 2 heterocycles. The van der Waals surface area contributed by atoms with Crippen molar-refractivity contribution in [1.29, 1.82) is 5.26 Å². The minimum Gasteiger partial charge on any atom is -0.502 e. The Balaban J connectivity index is 1.83. The second kappa shape index (κ2) is 7.73. The number of nitriles is 1. The monoisotopic (exact) mass is 421 g/mol. The number of thiazole rings is 1. The van der Waals surface area contributed by atoms with Gasteiger partial charge in [-0.2, -0.15) is 5.26 Å². The molecule has 0 saturated carbocycles. The Labute approximate surface area is 174 Å². The van der Waals surface area contributed by atoms with Crippen LogP contribution in [-0.2, 0) is 0 Å². The van der Waals surface area contributed by atoms with Crippen LogP contribution < -0.4 is 20.3 Å². The van der Waals surface area contributed by atoms with Crippen molar-refractivity contribution in [3.63, 3.8) is 0 Å². The number of anilines is 2. The maximum absolute atomic E-state index is 12.5. The van der Waals surface area contributed by atoms with Crippen LogP contribution in [0.4, 0.5) is 11.1 Å². The van der Waals surface area contributed by atoms with Crippen molar-refractivity contribution in [1.82, 2.24) is 15.0 Å². The van der Waals surface area contributed by atoms with Gasteiger partial charge in [-0.3, -0.25) is 9.78 Å². The molecule has 0 fully saturated rings. The number of nitrogens with one attached hydrogen (secondary N) is 2. The van der Waals surface area contributed by atoms with E-state index < -0.39 is 5.56 Å². The van der Waals surface area contributed by atoms with Crippen LogP contribution >= 0.6 is 11.3 Å². The number of aromatic hydroxyl groups is 1. The first-order chi connectivity index (χ1) is 14.5. The predicted molar refractivity (Wildman–Crippen MR) is 113 cm³/mol. The van der Waals surface area contributed by atoms with Crippen LogP contribution in [0.1, 0.15) is 5.56 Å².